The van der Waals surface area contributed by atoms with Crippen molar-refractivity contribution in [3.05, 3.63) is 54.0 Å². The molecule has 0 radical (unpaired) electrons. The van der Waals surface area contributed by atoms with E-state index in [2.05, 4.69) is 15.4 Å². The molecule has 7 nitrogen and oxygen atoms in total. The lowest BCUT2D eigenvalue weighted by Crippen LogP contribution is -2.06. The molecular weight excluding hydrogens is 320 g/mol. The second kappa shape index (κ2) is 5.94. The number of nitrogens with zero attached hydrogens (tertiary/aromatic N) is 3. The molecule has 0 atom stereocenters. The van der Waals surface area contributed by atoms with E-state index in [-0.39, 0.29) is 11.7 Å². The van der Waals surface area contributed by atoms with Crippen molar-refractivity contribution in [2.24, 2.45) is 0 Å². The van der Waals surface area contributed by atoms with E-state index in [1.54, 1.807) is 12.3 Å². The van der Waals surface area contributed by atoms with Crippen LogP contribution >= 0.6 is 0 Å². The smallest absolute Gasteiger partial charge is 0.221 e. The van der Waals surface area contributed by atoms with Gasteiger partial charge < -0.3 is 15.2 Å². The minimum Gasteiger partial charge on any atom is -0.506 e. The third-order valence-electron chi connectivity index (χ3n) is 3.97. The number of anilines is 1. The Labute approximate surface area is 143 Å². The van der Waals surface area contributed by atoms with Crippen molar-refractivity contribution in [1.82, 2.24) is 14.8 Å². The van der Waals surface area contributed by atoms with Crippen LogP contribution in [0.1, 0.15) is 18.2 Å². The predicted molar refractivity (Wildman–Crippen MR) is 91.3 cm³/mol. The molecule has 1 aliphatic rings. The number of amides is 1. The number of hydrogen-bond acceptors (Lipinski definition) is 5. The molecule has 0 unspecified atom stereocenters. The Morgan fingerprint density at radius 1 is 1.28 bits per heavy atom. The summed E-state index contributed by atoms with van der Waals surface area (Å²) >= 11 is 0. The van der Waals surface area contributed by atoms with Gasteiger partial charge in [-0.2, -0.15) is 5.10 Å². The molecule has 25 heavy (non-hydrogen) atoms. The molecule has 1 aromatic carbocycles. The number of fused-ring (bicyclic) bond motifs is 2. The minimum atomic E-state index is -0.120. The standard InChI is InChI=1S/C18H16N4O3/c1-11(23)20-14-3-2-12-9-22-15(10-25-18(12)5-14)6-17(21-22)13-4-16(24)8-19-7-13/h2-8,24H,9-10H2,1H3,(H,20,23). The largest absolute Gasteiger partial charge is 0.506 e. The number of aromatic hydroxyl groups is 1. The number of nitrogens with one attached hydrogen (secondary N) is 1. The first-order valence-corrected chi connectivity index (χ1v) is 7.83. The fourth-order valence-corrected chi connectivity index (χ4v) is 2.83. The number of carbonyl (C=O) groups excluding carboxylic acids is 1. The molecule has 2 N–H and O–H groups in total. The highest BCUT2D eigenvalue weighted by atomic mass is 16.5. The van der Waals surface area contributed by atoms with Gasteiger partial charge in [-0.15, -0.1) is 0 Å². The second-order valence-corrected chi connectivity index (χ2v) is 5.90. The summed E-state index contributed by atoms with van der Waals surface area (Å²) in [6, 6.07) is 9.15. The van der Waals surface area contributed by atoms with Crippen LogP contribution in [0.15, 0.2) is 42.7 Å². The molecule has 0 aliphatic carbocycles. The van der Waals surface area contributed by atoms with Crippen LogP contribution in [-0.4, -0.2) is 25.8 Å². The van der Waals surface area contributed by atoms with E-state index in [0.717, 1.165) is 28.3 Å². The molecule has 0 bridgehead atoms. The van der Waals surface area contributed by atoms with Gasteiger partial charge >= 0.3 is 0 Å². The summed E-state index contributed by atoms with van der Waals surface area (Å²) in [7, 11) is 0. The molecule has 4 rings (SSSR count). The first kappa shape index (κ1) is 15.2. The second-order valence-electron chi connectivity index (χ2n) is 5.90. The molecule has 3 aromatic rings. The number of carbonyl (C=O) groups is 1. The summed E-state index contributed by atoms with van der Waals surface area (Å²) in [6.45, 7) is 2.41. The van der Waals surface area contributed by atoms with Gasteiger partial charge in [0.1, 0.15) is 18.1 Å². The molecule has 1 amide bonds. The van der Waals surface area contributed by atoms with Gasteiger partial charge in [-0.05, 0) is 18.2 Å². The molecule has 126 valence electrons. The molecular formula is C18H16N4O3. The van der Waals surface area contributed by atoms with Gasteiger partial charge in [0.15, 0.2) is 0 Å². The van der Waals surface area contributed by atoms with Crippen LogP contribution in [0.2, 0.25) is 0 Å². The van der Waals surface area contributed by atoms with Crippen LogP contribution in [0.5, 0.6) is 11.5 Å². The van der Waals surface area contributed by atoms with Gasteiger partial charge in [0.2, 0.25) is 5.91 Å². The van der Waals surface area contributed by atoms with E-state index >= 15 is 0 Å². The Morgan fingerprint density at radius 2 is 2.16 bits per heavy atom. The monoisotopic (exact) mass is 336 g/mol. The first-order valence-electron chi connectivity index (χ1n) is 7.83. The lowest BCUT2D eigenvalue weighted by atomic mass is 10.2. The maximum Gasteiger partial charge on any atom is 0.221 e. The normalized spacial score (nSPS) is 12.5. The van der Waals surface area contributed by atoms with E-state index in [9.17, 15) is 9.90 Å². The maximum absolute atomic E-state index is 11.2. The van der Waals surface area contributed by atoms with Crippen LogP contribution in [0.25, 0.3) is 11.3 Å². The molecule has 2 aromatic heterocycles. The Morgan fingerprint density at radius 3 is 2.96 bits per heavy atom. The van der Waals surface area contributed by atoms with Crippen LogP contribution in [0.4, 0.5) is 5.69 Å². The number of ether oxygens (including phenoxy) is 1. The topological polar surface area (TPSA) is 89.3 Å². The molecule has 0 saturated carbocycles. The van der Waals surface area contributed by atoms with Gasteiger partial charge in [0.25, 0.3) is 0 Å². The molecule has 3 heterocycles. The zero-order valence-corrected chi connectivity index (χ0v) is 13.6. The minimum absolute atomic E-state index is 0.104. The third-order valence-corrected chi connectivity index (χ3v) is 3.97. The van der Waals surface area contributed by atoms with E-state index in [4.69, 9.17) is 4.74 Å². The summed E-state index contributed by atoms with van der Waals surface area (Å²) in [5.74, 6) is 0.718. The lowest BCUT2D eigenvalue weighted by molar-refractivity contribution is -0.114. The fourth-order valence-electron chi connectivity index (χ4n) is 2.83. The number of rotatable bonds is 2. The van der Waals surface area contributed by atoms with Gasteiger partial charge in [-0.25, -0.2) is 0 Å². The molecule has 1 aliphatic heterocycles. The Hall–Kier alpha value is -3.35. The highest BCUT2D eigenvalue weighted by Crippen LogP contribution is 2.30. The summed E-state index contributed by atoms with van der Waals surface area (Å²) in [5.41, 5.74) is 4.10. The lowest BCUT2D eigenvalue weighted by Gasteiger charge is -2.09. The van der Waals surface area contributed by atoms with Crippen molar-refractivity contribution in [3.8, 4) is 22.8 Å². The Kier molecular flexibility index (Phi) is 3.61. The van der Waals surface area contributed by atoms with Gasteiger partial charge in [-0.3, -0.25) is 14.5 Å². The van der Waals surface area contributed by atoms with Crippen molar-refractivity contribution >= 4 is 11.6 Å². The summed E-state index contributed by atoms with van der Waals surface area (Å²) < 4.78 is 7.77. The SMILES string of the molecule is CC(=O)Nc1ccc2c(c1)OCc1cc(-c3cncc(O)c3)nn1C2. The summed E-state index contributed by atoms with van der Waals surface area (Å²) in [5, 5.41) is 17.0. The summed E-state index contributed by atoms with van der Waals surface area (Å²) in [6.07, 6.45) is 3.05. The van der Waals surface area contributed by atoms with Crippen LogP contribution < -0.4 is 10.1 Å². The molecule has 7 heteroatoms. The average molecular weight is 336 g/mol. The molecule has 0 fully saturated rings. The van der Waals surface area contributed by atoms with Crippen LogP contribution in [0, 0.1) is 0 Å². The van der Waals surface area contributed by atoms with Crippen molar-refractivity contribution in [3.63, 3.8) is 0 Å². The first-order chi connectivity index (χ1) is 12.1. The van der Waals surface area contributed by atoms with Gasteiger partial charge in [0, 0.05) is 36.0 Å². The average Bonchev–Trinajstić information content (AvgIpc) is 2.89. The van der Waals surface area contributed by atoms with E-state index < -0.39 is 0 Å². The third kappa shape index (κ3) is 3.03. The van der Waals surface area contributed by atoms with Crippen LogP contribution in [-0.2, 0) is 17.9 Å². The Balaban J connectivity index is 1.65. The zero-order valence-electron chi connectivity index (χ0n) is 13.6. The number of aromatic nitrogens is 3. The summed E-state index contributed by atoms with van der Waals surface area (Å²) in [4.78, 5) is 15.2. The van der Waals surface area contributed by atoms with Crippen molar-refractivity contribution in [2.75, 3.05) is 5.32 Å². The number of hydrogen-bond donors (Lipinski definition) is 2. The van der Waals surface area contributed by atoms with Gasteiger partial charge in [-0.1, -0.05) is 6.07 Å². The fraction of sp³-hybridized carbons (Fsp3) is 0.167. The molecule has 0 spiro atoms. The maximum atomic E-state index is 11.2. The van der Waals surface area contributed by atoms with Crippen molar-refractivity contribution < 1.29 is 14.6 Å². The number of pyridine rings is 1. The highest BCUT2D eigenvalue weighted by Gasteiger charge is 2.18. The highest BCUT2D eigenvalue weighted by molar-refractivity contribution is 5.88. The van der Waals surface area contributed by atoms with Crippen LogP contribution in [0.3, 0.4) is 0 Å². The van der Waals surface area contributed by atoms with E-state index in [1.807, 2.05) is 28.9 Å². The molecule has 0 saturated heterocycles. The van der Waals surface area contributed by atoms with Gasteiger partial charge in [0.05, 0.1) is 24.1 Å². The predicted octanol–water partition coefficient (Wildman–Crippen LogP) is 2.55. The quantitative estimate of drug-likeness (QED) is 0.751. The zero-order chi connectivity index (χ0) is 17.4. The van der Waals surface area contributed by atoms with Crippen molar-refractivity contribution in [2.45, 2.75) is 20.1 Å². The Bertz CT molecular complexity index is 965. The van der Waals surface area contributed by atoms with E-state index in [1.165, 1.54) is 13.1 Å². The number of benzene rings is 1. The van der Waals surface area contributed by atoms with E-state index in [0.29, 0.717) is 18.8 Å². The van der Waals surface area contributed by atoms with Crippen molar-refractivity contribution in [1.29, 1.82) is 0 Å².